The van der Waals surface area contributed by atoms with Crippen LogP contribution in [0.4, 0.5) is 5.69 Å². The molecular formula is C16H26ClN3O2. The van der Waals surface area contributed by atoms with Crippen molar-refractivity contribution in [3.8, 4) is 0 Å². The van der Waals surface area contributed by atoms with E-state index in [0.29, 0.717) is 11.3 Å². The van der Waals surface area contributed by atoms with Crippen molar-refractivity contribution >= 4 is 29.9 Å². The summed E-state index contributed by atoms with van der Waals surface area (Å²) in [6.45, 7) is 9.61. The van der Waals surface area contributed by atoms with Crippen molar-refractivity contribution in [2.75, 3.05) is 11.9 Å². The van der Waals surface area contributed by atoms with Crippen LogP contribution in [0.2, 0.25) is 0 Å². The Bertz CT molecular complexity index is 519. The van der Waals surface area contributed by atoms with Gasteiger partial charge in [0.15, 0.2) is 0 Å². The van der Waals surface area contributed by atoms with Gasteiger partial charge in [-0.15, -0.1) is 12.4 Å². The van der Waals surface area contributed by atoms with Crippen molar-refractivity contribution in [3.63, 3.8) is 0 Å². The minimum Gasteiger partial charge on any atom is -0.347 e. The fourth-order valence-corrected chi connectivity index (χ4v) is 1.51. The fraction of sp³-hybridized carbons (Fsp3) is 0.500. The van der Waals surface area contributed by atoms with E-state index in [1.165, 1.54) is 0 Å². The standard InChI is InChI=1S/C16H25N3O2.ClH/c1-15(2,3)19-13(20)11-6-8-12(9-7-11)18-14(21)16(4,5)10-17;/h6-9H,10,17H2,1-5H3,(H,18,21)(H,19,20);1H. The number of halogens is 1. The molecule has 0 unspecified atom stereocenters. The first-order valence-corrected chi connectivity index (χ1v) is 6.99. The van der Waals surface area contributed by atoms with Gasteiger partial charge in [-0.3, -0.25) is 9.59 Å². The molecule has 6 heteroatoms. The number of rotatable bonds is 4. The highest BCUT2D eigenvalue weighted by atomic mass is 35.5. The molecule has 0 fully saturated rings. The Balaban J connectivity index is 0.00000441. The Kier molecular flexibility index (Phi) is 7.06. The molecule has 1 aromatic rings. The molecule has 2 amide bonds. The van der Waals surface area contributed by atoms with Crippen molar-refractivity contribution in [1.29, 1.82) is 0 Å². The molecule has 0 aliphatic heterocycles. The third-order valence-corrected chi connectivity index (χ3v) is 3.02. The van der Waals surface area contributed by atoms with Gasteiger partial charge < -0.3 is 16.4 Å². The molecule has 0 spiro atoms. The van der Waals surface area contributed by atoms with Crippen LogP contribution < -0.4 is 16.4 Å². The normalized spacial score (nSPS) is 11.4. The van der Waals surface area contributed by atoms with E-state index in [2.05, 4.69) is 10.6 Å². The Morgan fingerprint density at radius 2 is 1.55 bits per heavy atom. The van der Waals surface area contributed by atoms with Crippen LogP contribution in [0.5, 0.6) is 0 Å². The van der Waals surface area contributed by atoms with Crippen LogP contribution in [0.25, 0.3) is 0 Å². The smallest absolute Gasteiger partial charge is 0.251 e. The molecule has 0 bridgehead atoms. The lowest BCUT2D eigenvalue weighted by Crippen LogP contribution is -2.40. The van der Waals surface area contributed by atoms with Crippen LogP contribution in [0.3, 0.4) is 0 Å². The zero-order valence-corrected chi connectivity index (χ0v) is 14.6. The molecule has 0 atom stereocenters. The maximum atomic E-state index is 12.0. The van der Waals surface area contributed by atoms with Crippen LogP contribution in [0, 0.1) is 5.41 Å². The highest BCUT2D eigenvalue weighted by Crippen LogP contribution is 2.17. The van der Waals surface area contributed by atoms with Gasteiger partial charge in [-0.05, 0) is 58.9 Å². The van der Waals surface area contributed by atoms with Crippen LogP contribution in [0.1, 0.15) is 45.0 Å². The van der Waals surface area contributed by atoms with E-state index in [9.17, 15) is 9.59 Å². The maximum Gasteiger partial charge on any atom is 0.251 e. The number of carbonyl (C=O) groups is 2. The second-order valence-corrected chi connectivity index (χ2v) is 6.82. The van der Waals surface area contributed by atoms with Crippen molar-refractivity contribution in [3.05, 3.63) is 29.8 Å². The highest BCUT2D eigenvalue weighted by molar-refractivity contribution is 5.97. The molecule has 0 saturated carbocycles. The van der Waals surface area contributed by atoms with Gasteiger partial charge in [-0.2, -0.15) is 0 Å². The molecule has 0 radical (unpaired) electrons. The van der Waals surface area contributed by atoms with Gasteiger partial charge in [0.2, 0.25) is 5.91 Å². The zero-order chi connectivity index (χ0) is 16.3. The summed E-state index contributed by atoms with van der Waals surface area (Å²) in [5.74, 6) is -0.278. The van der Waals surface area contributed by atoms with Gasteiger partial charge in [-0.25, -0.2) is 0 Å². The molecule has 124 valence electrons. The fourth-order valence-electron chi connectivity index (χ4n) is 1.51. The molecule has 0 heterocycles. The van der Waals surface area contributed by atoms with E-state index >= 15 is 0 Å². The maximum absolute atomic E-state index is 12.0. The average molecular weight is 328 g/mol. The molecule has 0 aliphatic rings. The number of carbonyl (C=O) groups excluding carboxylic acids is 2. The Morgan fingerprint density at radius 3 is 1.95 bits per heavy atom. The summed E-state index contributed by atoms with van der Waals surface area (Å²) in [4.78, 5) is 24.0. The quantitative estimate of drug-likeness (QED) is 0.794. The number of nitrogens with one attached hydrogen (secondary N) is 2. The Hall–Kier alpha value is -1.59. The van der Waals surface area contributed by atoms with Crippen LogP contribution >= 0.6 is 12.4 Å². The van der Waals surface area contributed by atoms with E-state index in [-0.39, 0.29) is 36.3 Å². The number of anilines is 1. The van der Waals surface area contributed by atoms with Crippen molar-refractivity contribution < 1.29 is 9.59 Å². The molecule has 0 saturated heterocycles. The Morgan fingerprint density at radius 1 is 1.05 bits per heavy atom. The number of hydrogen-bond donors (Lipinski definition) is 3. The summed E-state index contributed by atoms with van der Waals surface area (Å²) in [6, 6.07) is 6.79. The second-order valence-electron chi connectivity index (χ2n) is 6.82. The molecule has 0 aliphatic carbocycles. The van der Waals surface area contributed by atoms with Gasteiger partial charge >= 0.3 is 0 Å². The Labute approximate surface area is 138 Å². The molecule has 4 N–H and O–H groups in total. The minimum absolute atomic E-state index is 0. The van der Waals surface area contributed by atoms with E-state index in [1.807, 2.05) is 20.8 Å². The minimum atomic E-state index is -0.623. The monoisotopic (exact) mass is 327 g/mol. The summed E-state index contributed by atoms with van der Waals surface area (Å²) >= 11 is 0. The lowest BCUT2D eigenvalue weighted by Gasteiger charge is -2.22. The SMILES string of the molecule is CC(C)(C)NC(=O)c1ccc(NC(=O)C(C)(C)CN)cc1.Cl. The third-order valence-electron chi connectivity index (χ3n) is 3.02. The first kappa shape index (κ1) is 20.4. The molecule has 0 aromatic heterocycles. The van der Waals surface area contributed by atoms with E-state index in [0.717, 1.165) is 0 Å². The number of benzene rings is 1. The van der Waals surface area contributed by atoms with E-state index in [1.54, 1.807) is 38.1 Å². The molecule has 1 aromatic carbocycles. The molecular weight excluding hydrogens is 302 g/mol. The summed E-state index contributed by atoms with van der Waals surface area (Å²) in [7, 11) is 0. The van der Waals surface area contributed by atoms with Crippen LogP contribution in [-0.2, 0) is 4.79 Å². The molecule has 5 nitrogen and oxygen atoms in total. The summed E-state index contributed by atoms with van der Waals surface area (Å²) in [5.41, 5.74) is 5.87. The van der Waals surface area contributed by atoms with E-state index < -0.39 is 5.41 Å². The van der Waals surface area contributed by atoms with E-state index in [4.69, 9.17) is 5.73 Å². The molecule has 1 rings (SSSR count). The third kappa shape index (κ3) is 6.03. The first-order chi connectivity index (χ1) is 9.55. The van der Waals surface area contributed by atoms with Gasteiger partial charge in [0.05, 0.1) is 5.41 Å². The zero-order valence-electron chi connectivity index (χ0n) is 13.8. The summed E-state index contributed by atoms with van der Waals surface area (Å²) in [5, 5.41) is 5.68. The van der Waals surface area contributed by atoms with Gasteiger partial charge in [0.1, 0.15) is 0 Å². The van der Waals surface area contributed by atoms with Gasteiger partial charge in [-0.1, -0.05) is 0 Å². The van der Waals surface area contributed by atoms with Crippen molar-refractivity contribution in [2.45, 2.75) is 40.2 Å². The largest absolute Gasteiger partial charge is 0.347 e. The second kappa shape index (κ2) is 7.61. The summed E-state index contributed by atoms with van der Waals surface area (Å²) in [6.07, 6.45) is 0. The van der Waals surface area contributed by atoms with Crippen LogP contribution in [0.15, 0.2) is 24.3 Å². The topological polar surface area (TPSA) is 84.2 Å². The number of amides is 2. The van der Waals surface area contributed by atoms with Crippen molar-refractivity contribution in [2.24, 2.45) is 11.1 Å². The average Bonchev–Trinajstić information content (AvgIpc) is 2.37. The molecule has 22 heavy (non-hydrogen) atoms. The number of nitrogens with two attached hydrogens (primary N) is 1. The van der Waals surface area contributed by atoms with Crippen molar-refractivity contribution in [1.82, 2.24) is 5.32 Å². The van der Waals surface area contributed by atoms with Crippen LogP contribution in [-0.4, -0.2) is 23.9 Å². The van der Waals surface area contributed by atoms with Gasteiger partial charge in [0, 0.05) is 23.3 Å². The lowest BCUT2D eigenvalue weighted by molar-refractivity contribution is -0.123. The summed E-state index contributed by atoms with van der Waals surface area (Å²) < 4.78 is 0. The predicted octanol–water partition coefficient (Wildman–Crippen LogP) is 2.56. The number of hydrogen-bond acceptors (Lipinski definition) is 3. The predicted molar refractivity (Wildman–Crippen MR) is 92.4 cm³/mol. The highest BCUT2D eigenvalue weighted by Gasteiger charge is 2.25. The van der Waals surface area contributed by atoms with Gasteiger partial charge in [0.25, 0.3) is 5.91 Å². The first-order valence-electron chi connectivity index (χ1n) is 6.99. The lowest BCUT2D eigenvalue weighted by atomic mass is 9.92.